The predicted molar refractivity (Wildman–Crippen MR) is 159 cm³/mol. The van der Waals surface area contributed by atoms with Crippen molar-refractivity contribution in [3.8, 4) is 22.3 Å². The van der Waals surface area contributed by atoms with Crippen LogP contribution in [0.5, 0.6) is 0 Å². The second-order valence-corrected chi connectivity index (χ2v) is 13.2. The molecule has 6 aromatic carbocycles. The van der Waals surface area contributed by atoms with Crippen LogP contribution in [0.3, 0.4) is 0 Å². The number of fused-ring (bicyclic) bond motifs is 5. The van der Waals surface area contributed by atoms with Gasteiger partial charge in [0.25, 0.3) is 0 Å². The van der Waals surface area contributed by atoms with E-state index in [-0.39, 0.29) is 0 Å². The summed E-state index contributed by atoms with van der Waals surface area (Å²) in [6, 6.07) is 40.1. The molecule has 2 nitrogen and oxygen atoms in total. The summed E-state index contributed by atoms with van der Waals surface area (Å²) in [5, 5.41) is 7.84. The van der Waals surface area contributed by atoms with Crippen molar-refractivity contribution in [2.75, 3.05) is 13.3 Å². The average Bonchev–Trinajstić information content (AvgIpc) is 3.30. The number of hydrogen-bond donors (Lipinski definition) is 0. The van der Waals surface area contributed by atoms with E-state index in [0.29, 0.717) is 0 Å². The van der Waals surface area contributed by atoms with Crippen LogP contribution >= 0.6 is 7.14 Å². The zero-order chi connectivity index (χ0) is 25.1. The second kappa shape index (κ2) is 8.20. The van der Waals surface area contributed by atoms with Crippen LogP contribution in [-0.2, 0) is 4.57 Å². The molecule has 0 fully saturated rings. The van der Waals surface area contributed by atoms with E-state index in [9.17, 15) is 4.57 Å². The molecule has 0 atom stereocenters. The molecule has 0 aliphatic rings. The molecule has 0 aliphatic carbocycles. The SMILES string of the molecule is CP(C)(=O)c1cccc(-c2c3ccccc3c(-c3cccc4c3oc3ccccc34)c3ccccc23)c1. The van der Waals surface area contributed by atoms with Crippen molar-refractivity contribution in [2.24, 2.45) is 0 Å². The Morgan fingerprint density at radius 3 is 1.73 bits per heavy atom. The molecule has 0 saturated carbocycles. The molecular weight excluding hydrogens is 471 g/mol. The summed E-state index contributed by atoms with van der Waals surface area (Å²) in [6.45, 7) is 3.67. The van der Waals surface area contributed by atoms with Gasteiger partial charge in [-0.05, 0) is 58.1 Å². The highest BCUT2D eigenvalue weighted by molar-refractivity contribution is 7.70. The van der Waals surface area contributed by atoms with E-state index in [0.717, 1.165) is 38.4 Å². The molecule has 37 heavy (non-hydrogen) atoms. The lowest BCUT2D eigenvalue weighted by Crippen LogP contribution is -2.02. The van der Waals surface area contributed by atoms with Crippen LogP contribution in [0.4, 0.5) is 0 Å². The van der Waals surface area contributed by atoms with Crippen LogP contribution in [-0.4, -0.2) is 13.3 Å². The van der Waals surface area contributed by atoms with Gasteiger partial charge in [-0.1, -0.05) is 103 Å². The highest BCUT2D eigenvalue weighted by Gasteiger charge is 2.20. The van der Waals surface area contributed by atoms with Gasteiger partial charge in [0.05, 0.1) is 0 Å². The third-order valence-electron chi connectivity index (χ3n) is 7.36. The number of rotatable bonds is 3. The highest BCUT2D eigenvalue weighted by Crippen LogP contribution is 2.46. The molecule has 178 valence electrons. The quantitative estimate of drug-likeness (QED) is 0.180. The molecule has 3 heteroatoms. The lowest BCUT2D eigenvalue weighted by Gasteiger charge is -2.18. The van der Waals surface area contributed by atoms with E-state index in [4.69, 9.17) is 4.42 Å². The lowest BCUT2D eigenvalue weighted by molar-refractivity contribution is 0.588. The van der Waals surface area contributed by atoms with Gasteiger partial charge in [-0.3, -0.25) is 0 Å². The molecule has 1 aromatic heterocycles. The Kier molecular flexibility index (Phi) is 4.90. The summed E-state index contributed by atoms with van der Waals surface area (Å²) < 4.78 is 19.4. The summed E-state index contributed by atoms with van der Waals surface area (Å²) in [5.41, 5.74) is 6.33. The number of para-hydroxylation sites is 2. The first-order valence-electron chi connectivity index (χ1n) is 12.5. The molecule has 0 aliphatic heterocycles. The van der Waals surface area contributed by atoms with Crippen LogP contribution in [0, 0.1) is 0 Å². The van der Waals surface area contributed by atoms with Gasteiger partial charge in [0.15, 0.2) is 0 Å². The molecule has 0 radical (unpaired) electrons. The first-order chi connectivity index (χ1) is 18.0. The molecule has 0 N–H and O–H groups in total. The molecule has 7 rings (SSSR count). The number of hydrogen-bond acceptors (Lipinski definition) is 2. The minimum atomic E-state index is -2.40. The van der Waals surface area contributed by atoms with Crippen LogP contribution < -0.4 is 5.30 Å². The highest BCUT2D eigenvalue weighted by atomic mass is 31.2. The van der Waals surface area contributed by atoms with Crippen molar-refractivity contribution in [1.29, 1.82) is 0 Å². The Morgan fingerprint density at radius 1 is 0.541 bits per heavy atom. The largest absolute Gasteiger partial charge is 0.455 e. The number of benzene rings is 6. The van der Waals surface area contributed by atoms with Gasteiger partial charge in [0, 0.05) is 27.2 Å². The predicted octanol–water partition coefficient (Wildman–Crippen LogP) is 9.47. The van der Waals surface area contributed by atoms with Crippen LogP contribution in [0.25, 0.3) is 65.7 Å². The Balaban J connectivity index is 1.64. The van der Waals surface area contributed by atoms with Gasteiger partial charge in [-0.15, -0.1) is 0 Å². The fourth-order valence-corrected chi connectivity index (χ4v) is 6.57. The Hall–Kier alpha value is -4.13. The molecule has 0 bridgehead atoms. The van der Waals surface area contributed by atoms with Crippen molar-refractivity contribution in [2.45, 2.75) is 0 Å². The van der Waals surface area contributed by atoms with E-state index < -0.39 is 7.14 Å². The average molecular weight is 497 g/mol. The van der Waals surface area contributed by atoms with Gasteiger partial charge < -0.3 is 8.98 Å². The van der Waals surface area contributed by atoms with Gasteiger partial charge in [0.1, 0.15) is 18.3 Å². The molecule has 0 unspecified atom stereocenters. The molecule has 1 heterocycles. The normalized spacial score (nSPS) is 12.2. The minimum Gasteiger partial charge on any atom is -0.455 e. The van der Waals surface area contributed by atoms with Crippen LogP contribution in [0.15, 0.2) is 120 Å². The Bertz CT molecular complexity index is 1980. The Morgan fingerprint density at radius 2 is 1.08 bits per heavy atom. The monoisotopic (exact) mass is 496 g/mol. The van der Waals surface area contributed by atoms with Gasteiger partial charge in [0.2, 0.25) is 0 Å². The zero-order valence-corrected chi connectivity index (χ0v) is 21.6. The zero-order valence-electron chi connectivity index (χ0n) is 20.7. The fourth-order valence-electron chi connectivity index (χ4n) is 5.67. The van der Waals surface area contributed by atoms with Crippen molar-refractivity contribution in [3.05, 3.63) is 115 Å². The standard InChI is InChI=1S/C34H25O2P/c1-37(2,35)23-12-9-11-22(21-23)32-25-14-3-5-16-27(25)33(28-17-6-4-15-26(28)32)30-19-10-18-29-24-13-7-8-20-31(24)36-34(29)30/h3-21H,1-2H3. The van der Waals surface area contributed by atoms with Gasteiger partial charge in [-0.25, -0.2) is 0 Å². The maximum absolute atomic E-state index is 13.0. The Labute approximate surface area is 215 Å². The topological polar surface area (TPSA) is 30.2 Å². The molecule has 0 spiro atoms. The van der Waals surface area contributed by atoms with Gasteiger partial charge in [-0.2, -0.15) is 0 Å². The maximum atomic E-state index is 13.0. The lowest BCUT2D eigenvalue weighted by atomic mass is 9.85. The maximum Gasteiger partial charge on any atom is 0.143 e. The molecular formula is C34H25O2P. The van der Waals surface area contributed by atoms with Gasteiger partial charge >= 0.3 is 0 Å². The summed E-state index contributed by atoms with van der Waals surface area (Å²) in [7, 11) is -2.40. The summed E-state index contributed by atoms with van der Waals surface area (Å²) in [4.78, 5) is 0. The third-order valence-corrected chi connectivity index (χ3v) is 8.88. The number of furan rings is 1. The molecule has 0 saturated heterocycles. The summed E-state index contributed by atoms with van der Waals surface area (Å²) >= 11 is 0. The van der Waals surface area contributed by atoms with Crippen molar-refractivity contribution < 1.29 is 8.98 Å². The van der Waals surface area contributed by atoms with Crippen LogP contribution in [0.2, 0.25) is 0 Å². The second-order valence-electron chi connectivity index (χ2n) is 10.0. The van der Waals surface area contributed by atoms with E-state index >= 15 is 0 Å². The minimum absolute atomic E-state index is 0.897. The van der Waals surface area contributed by atoms with E-state index in [1.807, 2.05) is 37.6 Å². The summed E-state index contributed by atoms with van der Waals surface area (Å²) in [6.07, 6.45) is 0. The van der Waals surface area contributed by atoms with E-state index in [1.165, 1.54) is 32.7 Å². The van der Waals surface area contributed by atoms with Crippen molar-refractivity contribution in [1.82, 2.24) is 0 Å². The molecule has 0 amide bonds. The third kappa shape index (κ3) is 3.44. The first-order valence-corrected chi connectivity index (χ1v) is 15.1. The van der Waals surface area contributed by atoms with Crippen molar-refractivity contribution in [3.63, 3.8) is 0 Å². The first kappa shape index (κ1) is 22.1. The van der Waals surface area contributed by atoms with E-state index in [1.54, 1.807) is 0 Å². The van der Waals surface area contributed by atoms with Crippen molar-refractivity contribution >= 4 is 55.9 Å². The fraction of sp³-hybridized carbons (Fsp3) is 0.0588. The van der Waals surface area contributed by atoms with E-state index in [2.05, 4.69) is 91.0 Å². The molecule has 7 aromatic rings. The summed E-state index contributed by atoms with van der Waals surface area (Å²) in [5.74, 6) is 0. The van der Waals surface area contributed by atoms with Crippen LogP contribution in [0.1, 0.15) is 0 Å². The smallest absolute Gasteiger partial charge is 0.143 e.